The topological polar surface area (TPSA) is 85.5 Å². The van der Waals surface area contributed by atoms with Gasteiger partial charge in [0.1, 0.15) is 17.4 Å². The molecule has 2 heterocycles. The lowest BCUT2D eigenvalue weighted by molar-refractivity contribution is -0.198. The lowest BCUT2D eigenvalue weighted by atomic mass is 10.1. The van der Waals surface area contributed by atoms with Gasteiger partial charge < -0.3 is 14.0 Å². The van der Waals surface area contributed by atoms with Crippen LogP contribution < -0.4 is 10.2 Å². The third kappa shape index (κ3) is 4.86. The minimum Gasteiger partial charge on any atom is -0.497 e. The van der Waals surface area contributed by atoms with Crippen molar-refractivity contribution in [2.75, 3.05) is 13.7 Å². The third-order valence-corrected chi connectivity index (χ3v) is 4.89. The SMILES string of the molecule is COc1ccc(-n2c(C)cc(C=C(C#N)C(=O)NOC3CCCCO3)c2C)cc1. The molecule has 1 amide bonds. The van der Waals surface area contributed by atoms with Gasteiger partial charge in [-0.05, 0) is 68.7 Å². The summed E-state index contributed by atoms with van der Waals surface area (Å²) < 4.78 is 12.7. The average molecular weight is 395 g/mol. The van der Waals surface area contributed by atoms with Gasteiger partial charge in [0.2, 0.25) is 0 Å². The van der Waals surface area contributed by atoms with Crippen LogP contribution in [0, 0.1) is 25.2 Å². The molecule has 0 saturated carbocycles. The number of nitrogens with one attached hydrogen (secondary N) is 1. The van der Waals surface area contributed by atoms with Crippen molar-refractivity contribution in [2.24, 2.45) is 0 Å². The van der Waals surface area contributed by atoms with Gasteiger partial charge in [-0.3, -0.25) is 4.79 Å². The van der Waals surface area contributed by atoms with Gasteiger partial charge in [-0.2, -0.15) is 5.26 Å². The fraction of sp³-hybridized carbons (Fsp3) is 0.364. The van der Waals surface area contributed by atoms with Crippen LogP contribution in [0.5, 0.6) is 5.75 Å². The number of hydrogen-bond acceptors (Lipinski definition) is 5. The molecular formula is C22H25N3O4. The van der Waals surface area contributed by atoms with E-state index in [4.69, 9.17) is 14.3 Å². The summed E-state index contributed by atoms with van der Waals surface area (Å²) in [5, 5.41) is 9.45. The molecule has 2 aromatic rings. The number of nitriles is 1. The molecular weight excluding hydrogens is 370 g/mol. The van der Waals surface area contributed by atoms with Crippen LogP contribution in [0.15, 0.2) is 35.9 Å². The van der Waals surface area contributed by atoms with Gasteiger partial charge in [-0.25, -0.2) is 10.3 Å². The number of benzene rings is 1. The van der Waals surface area contributed by atoms with E-state index < -0.39 is 12.2 Å². The molecule has 29 heavy (non-hydrogen) atoms. The number of methoxy groups -OCH3 is 1. The third-order valence-electron chi connectivity index (χ3n) is 4.89. The molecule has 0 bridgehead atoms. The van der Waals surface area contributed by atoms with Gasteiger partial charge in [0, 0.05) is 30.1 Å². The van der Waals surface area contributed by atoms with E-state index >= 15 is 0 Å². The molecule has 1 aliphatic heterocycles. The number of ether oxygens (including phenoxy) is 2. The first-order chi connectivity index (χ1) is 14.0. The van der Waals surface area contributed by atoms with Crippen LogP contribution in [-0.4, -0.2) is 30.5 Å². The van der Waals surface area contributed by atoms with Crippen LogP contribution in [0.3, 0.4) is 0 Å². The summed E-state index contributed by atoms with van der Waals surface area (Å²) in [6, 6.07) is 11.6. The van der Waals surface area contributed by atoms with E-state index in [9.17, 15) is 10.1 Å². The largest absolute Gasteiger partial charge is 0.497 e. The van der Waals surface area contributed by atoms with Gasteiger partial charge >= 0.3 is 0 Å². The zero-order chi connectivity index (χ0) is 20.8. The maximum atomic E-state index is 12.4. The molecule has 1 fully saturated rings. The summed E-state index contributed by atoms with van der Waals surface area (Å²) >= 11 is 0. The van der Waals surface area contributed by atoms with Gasteiger partial charge in [0.25, 0.3) is 5.91 Å². The number of rotatable bonds is 6. The fourth-order valence-corrected chi connectivity index (χ4v) is 3.34. The smallest absolute Gasteiger partial charge is 0.285 e. The molecule has 7 nitrogen and oxygen atoms in total. The number of hydroxylamine groups is 1. The summed E-state index contributed by atoms with van der Waals surface area (Å²) in [6.07, 6.45) is 3.80. The number of nitrogens with zero attached hydrogens (tertiary/aromatic N) is 2. The van der Waals surface area contributed by atoms with E-state index in [2.05, 4.69) is 10.0 Å². The Kier molecular flexibility index (Phi) is 6.70. The minimum absolute atomic E-state index is 0.0317. The summed E-state index contributed by atoms with van der Waals surface area (Å²) in [6.45, 7) is 4.53. The Morgan fingerprint density at radius 3 is 2.69 bits per heavy atom. The Labute approximate surface area is 170 Å². The fourth-order valence-electron chi connectivity index (χ4n) is 3.34. The Bertz CT molecular complexity index is 932. The highest BCUT2D eigenvalue weighted by molar-refractivity contribution is 6.01. The molecule has 7 heteroatoms. The quantitative estimate of drug-likeness (QED) is 0.459. The molecule has 1 atom stereocenters. The molecule has 1 saturated heterocycles. The molecule has 0 radical (unpaired) electrons. The Morgan fingerprint density at radius 2 is 2.07 bits per heavy atom. The maximum Gasteiger partial charge on any atom is 0.285 e. The van der Waals surface area contributed by atoms with E-state index in [-0.39, 0.29) is 5.57 Å². The Hall–Kier alpha value is -3.08. The molecule has 1 aromatic carbocycles. The number of carbonyl (C=O) groups is 1. The van der Waals surface area contributed by atoms with Gasteiger partial charge in [-0.1, -0.05) is 0 Å². The van der Waals surface area contributed by atoms with E-state index in [0.717, 1.165) is 47.7 Å². The van der Waals surface area contributed by atoms with Gasteiger partial charge in [0.15, 0.2) is 6.29 Å². The number of carbonyl (C=O) groups excluding carboxylic acids is 1. The lowest BCUT2D eigenvalue weighted by Crippen LogP contribution is -2.33. The van der Waals surface area contributed by atoms with E-state index in [0.29, 0.717) is 6.61 Å². The highest BCUT2D eigenvalue weighted by Gasteiger charge is 2.18. The Morgan fingerprint density at radius 1 is 1.31 bits per heavy atom. The van der Waals surface area contributed by atoms with Crippen molar-refractivity contribution in [1.29, 1.82) is 5.26 Å². The number of amides is 1. The first-order valence-corrected chi connectivity index (χ1v) is 9.56. The standard InChI is InChI=1S/C22H25N3O4/c1-15-12-17(16(2)25(15)19-7-9-20(27-3)10-8-19)13-18(14-23)22(26)24-29-21-6-4-5-11-28-21/h7-10,12-13,21H,4-6,11H2,1-3H3,(H,24,26). The normalized spacial score (nSPS) is 16.9. The second-order valence-electron chi connectivity index (χ2n) is 6.87. The molecule has 1 aromatic heterocycles. The molecule has 0 spiro atoms. The van der Waals surface area contributed by atoms with Crippen LogP contribution in [0.2, 0.25) is 0 Å². The maximum absolute atomic E-state index is 12.4. The first kappa shape index (κ1) is 20.6. The number of aryl methyl sites for hydroxylation is 1. The summed E-state index contributed by atoms with van der Waals surface area (Å²) in [4.78, 5) is 17.6. The predicted octanol–water partition coefficient (Wildman–Crippen LogP) is 3.58. The van der Waals surface area contributed by atoms with Crippen molar-refractivity contribution in [3.8, 4) is 17.5 Å². The molecule has 1 unspecified atom stereocenters. The van der Waals surface area contributed by atoms with Crippen molar-refractivity contribution < 1.29 is 19.1 Å². The van der Waals surface area contributed by atoms with E-state index in [1.165, 1.54) is 0 Å². The molecule has 3 rings (SSSR count). The Balaban J connectivity index is 1.78. The van der Waals surface area contributed by atoms with Crippen LogP contribution in [-0.2, 0) is 14.4 Å². The highest BCUT2D eigenvalue weighted by Crippen LogP contribution is 2.24. The minimum atomic E-state index is -0.587. The second kappa shape index (κ2) is 9.41. The highest BCUT2D eigenvalue weighted by atomic mass is 16.8. The van der Waals surface area contributed by atoms with Crippen LogP contribution in [0.4, 0.5) is 0 Å². The predicted molar refractivity (Wildman–Crippen MR) is 108 cm³/mol. The summed E-state index contributed by atoms with van der Waals surface area (Å²) in [5.74, 6) is 0.192. The lowest BCUT2D eigenvalue weighted by Gasteiger charge is -2.21. The monoisotopic (exact) mass is 395 g/mol. The van der Waals surface area contributed by atoms with Crippen molar-refractivity contribution in [2.45, 2.75) is 39.4 Å². The van der Waals surface area contributed by atoms with Crippen molar-refractivity contribution in [1.82, 2.24) is 10.0 Å². The average Bonchev–Trinajstić information content (AvgIpc) is 3.03. The molecule has 152 valence electrons. The number of aromatic nitrogens is 1. The van der Waals surface area contributed by atoms with E-state index in [1.807, 2.05) is 50.2 Å². The van der Waals surface area contributed by atoms with Crippen LogP contribution in [0.25, 0.3) is 11.8 Å². The van der Waals surface area contributed by atoms with Gasteiger partial charge in [0.05, 0.1) is 7.11 Å². The molecule has 0 aliphatic carbocycles. The van der Waals surface area contributed by atoms with Gasteiger partial charge in [-0.15, -0.1) is 0 Å². The van der Waals surface area contributed by atoms with E-state index in [1.54, 1.807) is 13.2 Å². The van der Waals surface area contributed by atoms with Crippen molar-refractivity contribution >= 4 is 12.0 Å². The van der Waals surface area contributed by atoms with Crippen LogP contribution >= 0.6 is 0 Å². The molecule has 1 aliphatic rings. The first-order valence-electron chi connectivity index (χ1n) is 9.56. The zero-order valence-electron chi connectivity index (χ0n) is 16.9. The van der Waals surface area contributed by atoms with Crippen molar-refractivity contribution in [3.05, 3.63) is 52.9 Å². The zero-order valence-corrected chi connectivity index (χ0v) is 16.9. The van der Waals surface area contributed by atoms with Crippen LogP contribution in [0.1, 0.15) is 36.2 Å². The summed E-state index contributed by atoms with van der Waals surface area (Å²) in [7, 11) is 1.63. The summed E-state index contributed by atoms with van der Waals surface area (Å²) in [5.41, 5.74) is 5.98. The second-order valence-corrected chi connectivity index (χ2v) is 6.87. The molecule has 1 N–H and O–H groups in total. The number of hydrogen-bond donors (Lipinski definition) is 1. The van der Waals surface area contributed by atoms with Crippen molar-refractivity contribution in [3.63, 3.8) is 0 Å².